The SMILES string of the molecule is CSN1CCC(NC(=O)c2sc3nnc(C)c(C)c3c2N)C1. The number of carbonyl (C=O) groups is 1. The summed E-state index contributed by atoms with van der Waals surface area (Å²) in [7, 11) is 0. The Hall–Kier alpha value is -1.38. The Balaban J connectivity index is 1.86. The minimum atomic E-state index is -0.106. The van der Waals surface area contributed by atoms with Crippen LogP contribution in [0.2, 0.25) is 0 Å². The van der Waals surface area contributed by atoms with E-state index in [1.54, 1.807) is 11.9 Å². The van der Waals surface area contributed by atoms with Gasteiger partial charge in [0.25, 0.3) is 5.91 Å². The molecule has 1 aliphatic heterocycles. The molecule has 2 aromatic rings. The first-order valence-electron chi connectivity index (χ1n) is 7.13. The number of aryl methyl sites for hydroxylation is 2. The van der Waals surface area contributed by atoms with Gasteiger partial charge in [0.1, 0.15) is 9.71 Å². The molecule has 118 valence electrons. The number of nitrogens with two attached hydrogens (primary N) is 1. The highest BCUT2D eigenvalue weighted by atomic mass is 32.2. The maximum absolute atomic E-state index is 12.5. The van der Waals surface area contributed by atoms with Crippen molar-refractivity contribution in [2.45, 2.75) is 26.3 Å². The summed E-state index contributed by atoms with van der Waals surface area (Å²) in [5.74, 6) is -0.106. The van der Waals surface area contributed by atoms with Crippen LogP contribution in [0.25, 0.3) is 10.2 Å². The summed E-state index contributed by atoms with van der Waals surface area (Å²) in [6.45, 7) is 5.73. The molecule has 1 aliphatic rings. The van der Waals surface area contributed by atoms with E-state index >= 15 is 0 Å². The van der Waals surface area contributed by atoms with Crippen LogP contribution < -0.4 is 11.1 Å². The van der Waals surface area contributed by atoms with Crippen molar-refractivity contribution in [3.8, 4) is 0 Å². The van der Waals surface area contributed by atoms with E-state index in [-0.39, 0.29) is 11.9 Å². The van der Waals surface area contributed by atoms with E-state index in [4.69, 9.17) is 5.73 Å². The highest BCUT2D eigenvalue weighted by molar-refractivity contribution is 7.96. The van der Waals surface area contributed by atoms with Crippen molar-refractivity contribution in [1.29, 1.82) is 0 Å². The van der Waals surface area contributed by atoms with Crippen LogP contribution in [0.3, 0.4) is 0 Å². The van der Waals surface area contributed by atoms with Gasteiger partial charge in [0.05, 0.1) is 11.4 Å². The standard InChI is InChI=1S/C14H19N5OS2/c1-7-8(2)17-18-14-10(7)11(15)12(22-14)13(20)16-9-4-5-19(6-9)21-3/h9H,4-6,15H2,1-3H3,(H,16,20). The molecule has 0 radical (unpaired) electrons. The molecule has 0 bridgehead atoms. The number of hydrogen-bond donors (Lipinski definition) is 2. The smallest absolute Gasteiger partial charge is 0.263 e. The number of fused-ring (bicyclic) bond motifs is 1. The maximum atomic E-state index is 12.5. The second-order valence-corrected chi connectivity index (χ2v) is 7.35. The zero-order valence-corrected chi connectivity index (χ0v) is 14.5. The number of nitrogens with zero attached hydrogens (tertiary/aromatic N) is 3. The maximum Gasteiger partial charge on any atom is 0.263 e. The van der Waals surface area contributed by atoms with Gasteiger partial charge in [0.2, 0.25) is 0 Å². The Labute approximate surface area is 137 Å². The van der Waals surface area contributed by atoms with Crippen LogP contribution >= 0.6 is 23.3 Å². The molecule has 0 saturated carbocycles. The molecule has 3 heterocycles. The number of anilines is 1. The summed E-state index contributed by atoms with van der Waals surface area (Å²) < 4.78 is 2.25. The van der Waals surface area contributed by atoms with E-state index in [2.05, 4.69) is 26.1 Å². The van der Waals surface area contributed by atoms with Crippen LogP contribution in [0.1, 0.15) is 27.3 Å². The van der Waals surface area contributed by atoms with Gasteiger partial charge in [-0.1, -0.05) is 11.9 Å². The molecule has 1 atom stereocenters. The number of rotatable bonds is 3. The van der Waals surface area contributed by atoms with Gasteiger partial charge >= 0.3 is 0 Å². The molecule has 3 N–H and O–H groups in total. The summed E-state index contributed by atoms with van der Waals surface area (Å²) in [6, 6.07) is 0.179. The van der Waals surface area contributed by atoms with Crippen molar-refractivity contribution in [2.75, 3.05) is 25.1 Å². The van der Waals surface area contributed by atoms with Crippen molar-refractivity contribution in [2.24, 2.45) is 0 Å². The van der Waals surface area contributed by atoms with Crippen molar-refractivity contribution in [1.82, 2.24) is 19.8 Å². The summed E-state index contributed by atoms with van der Waals surface area (Å²) >= 11 is 3.03. The van der Waals surface area contributed by atoms with Crippen molar-refractivity contribution >= 4 is 45.1 Å². The van der Waals surface area contributed by atoms with Crippen LogP contribution in [0.15, 0.2) is 0 Å². The van der Waals surface area contributed by atoms with Gasteiger partial charge in [-0.3, -0.25) is 4.79 Å². The second kappa shape index (κ2) is 6.02. The minimum Gasteiger partial charge on any atom is -0.397 e. The van der Waals surface area contributed by atoms with E-state index < -0.39 is 0 Å². The van der Waals surface area contributed by atoms with Gasteiger partial charge in [-0.2, -0.15) is 5.10 Å². The van der Waals surface area contributed by atoms with E-state index in [1.165, 1.54) is 11.3 Å². The van der Waals surface area contributed by atoms with E-state index in [0.29, 0.717) is 10.6 Å². The number of thiophene rings is 1. The van der Waals surface area contributed by atoms with Gasteiger partial charge in [-0.05, 0) is 32.1 Å². The molecule has 22 heavy (non-hydrogen) atoms. The van der Waals surface area contributed by atoms with E-state index in [9.17, 15) is 4.79 Å². The fraction of sp³-hybridized carbons (Fsp3) is 0.500. The number of nitrogens with one attached hydrogen (secondary N) is 1. The molecular formula is C14H19N5OS2. The molecule has 1 amide bonds. The first kappa shape index (κ1) is 15.5. The predicted octanol–water partition coefficient (Wildman–Crippen LogP) is 1.97. The Morgan fingerprint density at radius 2 is 2.23 bits per heavy atom. The van der Waals surface area contributed by atoms with Crippen molar-refractivity contribution in [3.05, 3.63) is 16.1 Å². The Morgan fingerprint density at radius 3 is 2.91 bits per heavy atom. The first-order chi connectivity index (χ1) is 10.5. The van der Waals surface area contributed by atoms with Gasteiger partial charge in [0.15, 0.2) is 0 Å². The van der Waals surface area contributed by atoms with Crippen LogP contribution in [0.5, 0.6) is 0 Å². The zero-order chi connectivity index (χ0) is 15.9. The molecular weight excluding hydrogens is 318 g/mol. The normalized spacial score (nSPS) is 19.0. The first-order valence-corrected chi connectivity index (χ1v) is 9.12. The Kier molecular flexibility index (Phi) is 4.24. The van der Waals surface area contributed by atoms with Crippen LogP contribution in [0.4, 0.5) is 5.69 Å². The third kappa shape index (κ3) is 2.66. The average Bonchev–Trinajstić information content (AvgIpc) is 3.08. The fourth-order valence-electron chi connectivity index (χ4n) is 2.67. The van der Waals surface area contributed by atoms with Crippen LogP contribution in [0, 0.1) is 13.8 Å². The number of nitrogen functional groups attached to an aromatic ring is 1. The number of carbonyl (C=O) groups excluding carboxylic acids is 1. The average molecular weight is 337 g/mol. The topological polar surface area (TPSA) is 84.1 Å². The third-order valence-corrected chi connectivity index (χ3v) is 6.02. The summed E-state index contributed by atoms with van der Waals surface area (Å²) in [4.78, 5) is 13.8. The van der Waals surface area contributed by atoms with Gasteiger partial charge < -0.3 is 11.1 Å². The quantitative estimate of drug-likeness (QED) is 0.833. The second-order valence-electron chi connectivity index (χ2n) is 5.47. The highest BCUT2D eigenvalue weighted by Gasteiger charge is 2.26. The number of amides is 1. The Bertz CT molecular complexity index is 730. The molecule has 1 saturated heterocycles. The number of hydrogen-bond acceptors (Lipinski definition) is 7. The molecule has 0 aromatic carbocycles. The van der Waals surface area contributed by atoms with Crippen LogP contribution in [-0.2, 0) is 0 Å². The fourth-order valence-corrected chi connectivity index (χ4v) is 4.29. The third-order valence-electron chi connectivity index (χ3n) is 4.09. The van der Waals surface area contributed by atoms with E-state index in [0.717, 1.165) is 41.0 Å². The van der Waals surface area contributed by atoms with E-state index in [1.807, 2.05) is 13.8 Å². The lowest BCUT2D eigenvalue weighted by Crippen LogP contribution is -2.36. The molecule has 6 nitrogen and oxygen atoms in total. The highest BCUT2D eigenvalue weighted by Crippen LogP contribution is 2.34. The molecule has 2 aromatic heterocycles. The van der Waals surface area contributed by atoms with Gasteiger partial charge in [-0.15, -0.1) is 16.4 Å². The van der Waals surface area contributed by atoms with Crippen molar-refractivity contribution < 1.29 is 4.79 Å². The largest absolute Gasteiger partial charge is 0.397 e. The monoisotopic (exact) mass is 337 g/mol. The molecule has 3 rings (SSSR count). The zero-order valence-electron chi connectivity index (χ0n) is 12.8. The lowest BCUT2D eigenvalue weighted by atomic mass is 10.1. The number of aromatic nitrogens is 2. The summed E-state index contributed by atoms with van der Waals surface area (Å²) in [5.41, 5.74) is 8.56. The molecule has 1 unspecified atom stereocenters. The summed E-state index contributed by atoms with van der Waals surface area (Å²) in [5, 5.41) is 12.2. The lowest BCUT2D eigenvalue weighted by Gasteiger charge is -2.13. The minimum absolute atomic E-state index is 0.106. The molecule has 0 aliphatic carbocycles. The summed E-state index contributed by atoms with van der Waals surface area (Å²) in [6.07, 6.45) is 3.02. The molecule has 1 fully saturated rings. The van der Waals surface area contributed by atoms with Crippen molar-refractivity contribution in [3.63, 3.8) is 0 Å². The van der Waals surface area contributed by atoms with Gasteiger partial charge in [-0.25, -0.2) is 4.31 Å². The molecule has 8 heteroatoms. The lowest BCUT2D eigenvalue weighted by molar-refractivity contribution is 0.0944. The predicted molar refractivity (Wildman–Crippen MR) is 92.3 cm³/mol. The van der Waals surface area contributed by atoms with Gasteiger partial charge in [0, 0.05) is 24.5 Å². The van der Waals surface area contributed by atoms with Crippen LogP contribution in [-0.4, -0.2) is 45.8 Å². The molecule has 0 spiro atoms. The Morgan fingerprint density at radius 1 is 1.45 bits per heavy atom.